The number of carbonyl (C=O) groups is 2. The largest absolute Gasteiger partial charge is 0.468 e. The first-order valence-corrected chi connectivity index (χ1v) is 5.78. The van der Waals surface area contributed by atoms with E-state index in [1.807, 2.05) is 13.8 Å². The van der Waals surface area contributed by atoms with Crippen molar-refractivity contribution in [2.75, 3.05) is 20.2 Å². The quantitative estimate of drug-likeness (QED) is 0.740. The van der Waals surface area contributed by atoms with Gasteiger partial charge in [-0.05, 0) is 20.8 Å². The lowest BCUT2D eigenvalue weighted by Crippen LogP contribution is -2.36. The fraction of sp³-hybridized carbons (Fsp3) is 0.583. The molecule has 18 heavy (non-hydrogen) atoms. The van der Waals surface area contributed by atoms with E-state index in [1.54, 1.807) is 18.7 Å². The van der Waals surface area contributed by atoms with Gasteiger partial charge in [-0.25, -0.2) is 0 Å². The summed E-state index contributed by atoms with van der Waals surface area (Å²) in [6.07, 6.45) is 0. The molecule has 0 N–H and O–H groups in total. The van der Waals surface area contributed by atoms with Gasteiger partial charge < -0.3 is 9.64 Å². The number of methoxy groups -OCH3 is 1. The molecule has 1 aromatic heterocycles. The Bertz CT molecular complexity index is 465. The first-order chi connectivity index (χ1) is 8.42. The van der Waals surface area contributed by atoms with Crippen LogP contribution in [-0.2, 0) is 16.6 Å². The van der Waals surface area contributed by atoms with Crippen LogP contribution in [0.4, 0.5) is 0 Å². The summed E-state index contributed by atoms with van der Waals surface area (Å²) >= 11 is 0. The third-order valence-corrected chi connectivity index (χ3v) is 2.94. The number of carbonyl (C=O) groups excluding carboxylic acids is 2. The molecule has 0 fully saturated rings. The zero-order chi connectivity index (χ0) is 13.9. The zero-order valence-electron chi connectivity index (χ0n) is 11.5. The highest BCUT2D eigenvalue weighted by Crippen LogP contribution is 2.14. The number of hydrogen-bond acceptors (Lipinski definition) is 4. The number of aryl methyl sites for hydroxylation is 2. The van der Waals surface area contributed by atoms with Crippen LogP contribution in [0.2, 0.25) is 0 Å². The van der Waals surface area contributed by atoms with E-state index in [-0.39, 0.29) is 12.5 Å². The molecule has 1 aromatic rings. The van der Waals surface area contributed by atoms with Gasteiger partial charge in [0.15, 0.2) is 0 Å². The number of esters is 1. The van der Waals surface area contributed by atoms with Crippen molar-refractivity contribution in [1.82, 2.24) is 14.7 Å². The molecule has 0 aliphatic carbocycles. The highest BCUT2D eigenvalue weighted by atomic mass is 16.5. The number of nitrogens with zero attached hydrogens (tertiary/aromatic N) is 3. The van der Waals surface area contributed by atoms with Gasteiger partial charge in [-0.2, -0.15) is 5.10 Å². The predicted octanol–water partition coefficient (Wildman–Crippen LogP) is 0.672. The van der Waals surface area contributed by atoms with E-state index in [4.69, 9.17) is 0 Å². The molecule has 0 aliphatic rings. The molecule has 0 aromatic carbocycles. The van der Waals surface area contributed by atoms with Gasteiger partial charge in [0.1, 0.15) is 6.54 Å². The van der Waals surface area contributed by atoms with Crippen LogP contribution in [0.25, 0.3) is 0 Å². The average molecular weight is 253 g/mol. The molecule has 100 valence electrons. The van der Waals surface area contributed by atoms with E-state index >= 15 is 0 Å². The number of rotatable bonds is 4. The van der Waals surface area contributed by atoms with Crippen molar-refractivity contribution >= 4 is 11.9 Å². The molecule has 6 nitrogen and oxygen atoms in total. The van der Waals surface area contributed by atoms with Gasteiger partial charge in [0.05, 0.1) is 18.4 Å². The highest BCUT2D eigenvalue weighted by molar-refractivity contribution is 5.97. The Labute approximate surface area is 107 Å². The van der Waals surface area contributed by atoms with Crippen LogP contribution in [0.3, 0.4) is 0 Å². The van der Waals surface area contributed by atoms with E-state index in [2.05, 4.69) is 9.84 Å². The molecule has 1 amide bonds. The molecule has 0 saturated carbocycles. The predicted molar refractivity (Wildman–Crippen MR) is 66.3 cm³/mol. The minimum atomic E-state index is -0.426. The fourth-order valence-electron chi connectivity index (χ4n) is 1.79. The standard InChI is InChI=1S/C12H19N3O3/c1-6-15(7-10(16)18-5)12(17)11-8(2)13-14(4)9(11)3/h6-7H2,1-5H3. The number of amides is 1. The van der Waals surface area contributed by atoms with Crippen molar-refractivity contribution in [1.29, 1.82) is 0 Å². The van der Waals surface area contributed by atoms with Crippen LogP contribution in [0.5, 0.6) is 0 Å². The molecule has 6 heteroatoms. The Morgan fingerprint density at radius 1 is 1.39 bits per heavy atom. The lowest BCUT2D eigenvalue weighted by Gasteiger charge is -2.19. The van der Waals surface area contributed by atoms with Crippen molar-refractivity contribution < 1.29 is 14.3 Å². The van der Waals surface area contributed by atoms with E-state index in [0.29, 0.717) is 17.8 Å². The minimum Gasteiger partial charge on any atom is -0.468 e. The number of aromatic nitrogens is 2. The van der Waals surface area contributed by atoms with Crippen LogP contribution in [0.1, 0.15) is 28.7 Å². The zero-order valence-corrected chi connectivity index (χ0v) is 11.5. The summed E-state index contributed by atoms with van der Waals surface area (Å²) in [6, 6.07) is 0. The van der Waals surface area contributed by atoms with Crippen molar-refractivity contribution in [3.63, 3.8) is 0 Å². The number of hydrogen-bond donors (Lipinski definition) is 0. The lowest BCUT2D eigenvalue weighted by molar-refractivity contribution is -0.141. The summed E-state index contributed by atoms with van der Waals surface area (Å²) in [4.78, 5) is 25.0. The molecular formula is C12H19N3O3. The van der Waals surface area contributed by atoms with Crippen molar-refractivity contribution in [3.8, 4) is 0 Å². The second-order valence-corrected chi connectivity index (χ2v) is 4.06. The third-order valence-electron chi connectivity index (χ3n) is 2.94. The summed E-state index contributed by atoms with van der Waals surface area (Å²) in [6.45, 7) is 5.84. The smallest absolute Gasteiger partial charge is 0.325 e. The second kappa shape index (κ2) is 5.66. The first kappa shape index (κ1) is 14.2. The maximum atomic E-state index is 12.3. The van der Waals surface area contributed by atoms with Crippen LogP contribution < -0.4 is 0 Å². The van der Waals surface area contributed by atoms with Crippen molar-refractivity contribution in [2.45, 2.75) is 20.8 Å². The van der Waals surface area contributed by atoms with Gasteiger partial charge in [-0.3, -0.25) is 14.3 Å². The van der Waals surface area contributed by atoms with Gasteiger partial charge in [0.2, 0.25) is 0 Å². The molecule has 0 saturated heterocycles. The van der Waals surface area contributed by atoms with E-state index in [0.717, 1.165) is 5.69 Å². The van der Waals surface area contributed by atoms with Crippen LogP contribution in [0, 0.1) is 13.8 Å². The Hall–Kier alpha value is -1.85. The summed E-state index contributed by atoms with van der Waals surface area (Å²) in [5, 5.41) is 4.20. The monoisotopic (exact) mass is 253 g/mol. The topological polar surface area (TPSA) is 64.4 Å². The number of ether oxygens (including phenoxy) is 1. The van der Waals surface area contributed by atoms with Crippen LogP contribution in [-0.4, -0.2) is 46.8 Å². The number of likely N-dealkylation sites (N-methyl/N-ethyl adjacent to an activating group) is 1. The second-order valence-electron chi connectivity index (χ2n) is 4.06. The van der Waals surface area contributed by atoms with Crippen molar-refractivity contribution in [3.05, 3.63) is 17.0 Å². The maximum absolute atomic E-state index is 12.3. The van der Waals surface area contributed by atoms with Gasteiger partial charge in [0, 0.05) is 19.3 Å². The lowest BCUT2D eigenvalue weighted by atomic mass is 10.1. The molecule has 0 unspecified atom stereocenters. The van der Waals surface area contributed by atoms with Gasteiger partial charge in [0.25, 0.3) is 5.91 Å². The summed E-state index contributed by atoms with van der Waals surface area (Å²) in [5.41, 5.74) is 2.02. The molecule has 1 rings (SSSR count). The van der Waals surface area contributed by atoms with Crippen molar-refractivity contribution in [2.24, 2.45) is 7.05 Å². The van der Waals surface area contributed by atoms with Gasteiger partial charge in [-0.1, -0.05) is 0 Å². The van der Waals surface area contributed by atoms with Crippen LogP contribution in [0.15, 0.2) is 0 Å². The molecule has 0 aliphatic heterocycles. The Kier molecular flexibility index (Phi) is 4.47. The Morgan fingerprint density at radius 3 is 2.39 bits per heavy atom. The van der Waals surface area contributed by atoms with E-state index in [1.165, 1.54) is 12.0 Å². The third kappa shape index (κ3) is 2.69. The van der Waals surface area contributed by atoms with E-state index in [9.17, 15) is 9.59 Å². The minimum absolute atomic E-state index is 0.0421. The summed E-state index contributed by atoms with van der Waals surface area (Å²) in [7, 11) is 3.09. The summed E-state index contributed by atoms with van der Waals surface area (Å²) < 4.78 is 6.24. The first-order valence-electron chi connectivity index (χ1n) is 5.78. The highest BCUT2D eigenvalue weighted by Gasteiger charge is 2.23. The van der Waals surface area contributed by atoms with Crippen LogP contribution >= 0.6 is 0 Å². The van der Waals surface area contributed by atoms with E-state index < -0.39 is 5.97 Å². The molecular weight excluding hydrogens is 234 g/mol. The normalized spacial score (nSPS) is 10.3. The molecule has 0 bridgehead atoms. The maximum Gasteiger partial charge on any atom is 0.325 e. The average Bonchev–Trinajstić information content (AvgIpc) is 2.59. The molecule has 1 heterocycles. The molecule has 0 atom stereocenters. The SMILES string of the molecule is CCN(CC(=O)OC)C(=O)c1c(C)nn(C)c1C. The Balaban J connectivity index is 3.00. The fourth-order valence-corrected chi connectivity index (χ4v) is 1.79. The molecule has 0 spiro atoms. The molecule has 0 radical (unpaired) electrons. The summed E-state index contributed by atoms with van der Waals surface area (Å²) in [5.74, 6) is -0.615. The van der Waals surface area contributed by atoms with Gasteiger partial charge >= 0.3 is 5.97 Å². The van der Waals surface area contributed by atoms with Gasteiger partial charge in [-0.15, -0.1) is 0 Å². The Morgan fingerprint density at radius 2 is 2.00 bits per heavy atom.